The molecule has 0 aliphatic rings. The summed E-state index contributed by atoms with van der Waals surface area (Å²) in [7, 11) is 0. The molecule has 0 unspecified atom stereocenters. The van der Waals surface area contributed by atoms with Gasteiger partial charge in [-0.25, -0.2) is 4.98 Å². The summed E-state index contributed by atoms with van der Waals surface area (Å²) in [6, 6.07) is 5.55. The van der Waals surface area contributed by atoms with E-state index in [2.05, 4.69) is 25.5 Å². The summed E-state index contributed by atoms with van der Waals surface area (Å²) in [5, 5.41) is 10.5. The molecule has 0 bridgehead atoms. The summed E-state index contributed by atoms with van der Waals surface area (Å²) in [6.07, 6.45) is 4.67. The highest BCUT2D eigenvalue weighted by molar-refractivity contribution is 6.03. The van der Waals surface area contributed by atoms with E-state index in [1.807, 2.05) is 18.2 Å². The van der Waals surface area contributed by atoms with E-state index in [9.17, 15) is 4.79 Å². The second kappa shape index (κ2) is 7.74. The lowest BCUT2D eigenvalue weighted by Gasteiger charge is -2.02. The molecule has 1 amide bonds. The lowest BCUT2D eigenvalue weighted by molar-refractivity contribution is 0.102. The zero-order chi connectivity index (χ0) is 11.7. The molecule has 3 rings (SSSR count). The first-order chi connectivity index (χ1) is 8.33. The van der Waals surface area contributed by atoms with E-state index < -0.39 is 0 Å². The number of carbonyl (C=O) groups is 1. The Hall–Kier alpha value is -1.76. The average Bonchev–Trinajstić information content (AvgIpc) is 2.99. The van der Waals surface area contributed by atoms with E-state index in [0.29, 0.717) is 11.4 Å². The first-order valence-electron chi connectivity index (χ1n) is 5.06. The molecule has 0 aliphatic carbocycles. The molecule has 2 aromatic heterocycles. The van der Waals surface area contributed by atoms with Gasteiger partial charge in [0, 0.05) is 11.1 Å². The quantitative estimate of drug-likeness (QED) is 0.672. The molecule has 108 valence electrons. The molecule has 2 heterocycles. The van der Waals surface area contributed by atoms with Gasteiger partial charge in [-0.05, 0) is 18.2 Å². The third kappa shape index (κ3) is 3.63. The Kier molecular flexibility index (Phi) is 7.06. The molecule has 0 saturated carbocycles. The Labute approximate surface area is 133 Å². The highest BCUT2D eigenvalue weighted by atomic mass is 35.5. The minimum Gasteiger partial charge on any atom is -0.341 e. The summed E-state index contributed by atoms with van der Waals surface area (Å²) >= 11 is 0. The van der Waals surface area contributed by atoms with E-state index in [0.717, 1.165) is 10.9 Å². The van der Waals surface area contributed by atoms with Crippen molar-refractivity contribution in [3.8, 4) is 0 Å². The van der Waals surface area contributed by atoms with Crippen molar-refractivity contribution < 1.29 is 4.79 Å². The van der Waals surface area contributed by atoms with Crippen molar-refractivity contribution in [3.63, 3.8) is 0 Å². The third-order valence-corrected chi connectivity index (χ3v) is 2.44. The van der Waals surface area contributed by atoms with Crippen LogP contribution in [0.5, 0.6) is 0 Å². The number of benzene rings is 1. The van der Waals surface area contributed by atoms with Crippen LogP contribution in [0, 0.1) is 0 Å². The summed E-state index contributed by atoms with van der Waals surface area (Å²) in [5.41, 5.74) is 2.02. The minimum atomic E-state index is -0.221. The predicted octanol–water partition coefficient (Wildman–Crippen LogP) is 2.80. The largest absolute Gasteiger partial charge is 0.341 e. The molecule has 0 radical (unpaired) electrons. The molecule has 0 saturated heterocycles. The number of hydrogen-bond acceptors (Lipinski definition) is 3. The molecule has 9 heteroatoms. The van der Waals surface area contributed by atoms with Gasteiger partial charge in [-0.3, -0.25) is 9.89 Å². The van der Waals surface area contributed by atoms with Crippen LogP contribution in [0.3, 0.4) is 0 Å². The van der Waals surface area contributed by atoms with Crippen molar-refractivity contribution in [2.24, 2.45) is 0 Å². The minimum absolute atomic E-state index is 0. The number of nitrogens with one attached hydrogen (secondary N) is 3. The maximum atomic E-state index is 11.7. The molecule has 0 aliphatic heterocycles. The molecule has 0 fully saturated rings. The molecular weight excluding hydrogens is 325 g/mol. The fourth-order valence-electron chi connectivity index (χ4n) is 1.59. The van der Waals surface area contributed by atoms with Crippen LogP contribution in [0.4, 0.5) is 5.69 Å². The summed E-state index contributed by atoms with van der Waals surface area (Å²) < 4.78 is 0. The second-order valence-corrected chi connectivity index (χ2v) is 3.59. The third-order valence-electron chi connectivity index (χ3n) is 2.44. The molecule has 0 spiro atoms. The van der Waals surface area contributed by atoms with Gasteiger partial charge in [-0.1, -0.05) is 0 Å². The number of aromatic nitrogens is 4. The van der Waals surface area contributed by atoms with Gasteiger partial charge in [-0.15, -0.1) is 37.2 Å². The number of anilines is 1. The summed E-state index contributed by atoms with van der Waals surface area (Å²) in [6.45, 7) is 0. The number of nitrogens with zero attached hydrogens (tertiary/aromatic N) is 2. The van der Waals surface area contributed by atoms with Crippen molar-refractivity contribution in [3.05, 3.63) is 42.6 Å². The zero-order valence-corrected chi connectivity index (χ0v) is 12.4. The van der Waals surface area contributed by atoms with Crippen molar-refractivity contribution in [1.82, 2.24) is 20.2 Å². The maximum Gasteiger partial charge on any atom is 0.273 e. The number of rotatable bonds is 2. The second-order valence-electron chi connectivity index (χ2n) is 3.59. The number of fused-ring (bicyclic) bond motifs is 1. The van der Waals surface area contributed by atoms with Crippen molar-refractivity contribution in [2.45, 2.75) is 0 Å². The van der Waals surface area contributed by atoms with Crippen LogP contribution < -0.4 is 5.32 Å². The fourth-order valence-corrected chi connectivity index (χ4v) is 1.59. The van der Waals surface area contributed by atoms with E-state index >= 15 is 0 Å². The van der Waals surface area contributed by atoms with Crippen LogP contribution in [-0.2, 0) is 0 Å². The van der Waals surface area contributed by atoms with Crippen LogP contribution >= 0.6 is 37.2 Å². The number of amides is 1. The first kappa shape index (κ1) is 18.2. The molecule has 0 atom stereocenters. The van der Waals surface area contributed by atoms with Gasteiger partial charge < -0.3 is 10.3 Å². The number of imidazole rings is 1. The van der Waals surface area contributed by atoms with Gasteiger partial charge in [0.1, 0.15) is 5.69 Å². The number of hydrogen-bond donors (Lipinski definition) is 3. The standard InChI is InChI=1S/C11H9N5O.3ClH/c17-11(10-5-12-6-13-10)15-8-2-1-7-4-14-16-9(7)3-8;;;/h1-6H,(H,12,13)(H,14,16)(H,15,17);3*1H. The highest BCUT2D eigenvalue weighted by Crippen LogP contribution is 2.16. The van der Waals surface area contributed by atoms with Gasteiger partial charge in [0.25, 0.3) is 5.91 Å². The van der Waals surface area contributed by atoms with Crippen LogP contribution in [-0.4, -0.2) is 26.1 Å². The van der Waals surface area contributed by atoms with Gasteiger partial charge in [0.2, 0.25) is 0 Å². The van der Waals surface area contributed by atoms with E-state index in [4.69, 9.17) is 0 Å². The molecule has 1 aromatic carbocycles. The monoisotopic (exact) mass is 335 g/mol. The van der Waals surface area contributed by atoms with E-state index in [-0.39, 0.29) is 43.1 Å². The fraction of sp³-hybridized carbons (Fsp3) is 0. The van der Waals surface area contributed by atoms with Crippen LogP contribution in [0.2, 0.25) is 0 Å². The van der Waals surface area contributed by atoms with Crippen LogP contribution in [0.1, 0.15) is 10.5 Å². The SMILES string of the molecule is Cl.Cl.Cl.O=C(Nc1ccc2cn[nH]c2c1)c1cnc[nH]1. The first-order valence-corrected chi connectivity index (χ1v) is 5.06. The average molecular weight is 337 g/mol. The summed E-state index contributed by atoms with van der Waals surface area (Å²) in [5.74, 6) is -0.221. The van der Waals surface area contributed by atoms with Crippen molar-refractivity contribution in [1.29, 1.82) is 0 Å². The topological polar surface area (TPSA) is 86.5 Å². The summed E-state index contributed by atoms with van der Waals surface area (Å²) in [4.78, 5) is 18.3. The molecule has 3 aromatic rings. The Balaban J connectivity index is 0.00000120. The Bertz CT molecular complexity index is 668. The molecular formula is C11H12Cl3N5O. The number of aromatic amines is 2. The smallest absolute Gasteiger partial charge is 0.273 e. The number of carbonyl (C=O) groups excluding carboxylic acids is 1. The Morgan fingerprint density at radius 1 is 1.15 bits per heavy atom. The number of halogens is 3. The van der Waals surface area contributed by atoms with Gasteiger partial charge in [0.15, 0.2) is 0 Å². The normalized spacial score (nSPS) is 9.00. The Morgan fingerprint density at radius 2 is 1.95 bits per heavy atom. The lowest BCUT2D eigenvalue weighted by Crippen LogP contribution is -2.11. The van der Waals surface area contributed by atoms with Crippen molar-refractivity contribution >= 4 is 59.7 Å². The van der Waals surface area contributed by atoms with E-state index in [1.165, 1.54) is 12.5 Å². The van der Waals surface area contributed by atoms with Crippen LogP contribution in [0.15, 0.2) is 36.9 Å². The van der Waals surface area contributed by atoms with Crippen molar-refractivity contribution in [2.75, 3.05) is 5.32 Å². The van der Waals surface area contributed by atoms with Crippen LogP contribution in [0.25, 0.3) is 10.9 Å². The molecule has 6 nitrogen and oxygen atoms in total. The predicted molar refractivity (Wildman–Crippen MR) is 84.4 cm³/mol. The lowest BCUT2D eigenvalue weighted by atomic mass is 10.2. The van der Waals surface area contributed by atoms with Gasteiger partial charge in [-0.2, -0.15) is 5.10 Å². The Morgan fingerprint density at radius 3 is 2.65 bits per heavy atom. The van der Waals surface area contributed by atoms with Gasteiger partial charge in [0.05, 0.1) is 24.2 Å². The molecule has 3 N–H and O–H groups in total. The maximum absolute atomic E-state index is 11.7. The zero-order valence-electron chi connectivity index (χ0n) is 9.99. The molecule has 20 heavy (non-hydrogen) atoms. The van der Waals surface area contributed by atoms with Gasteiger partial charge >= 0.3 is 0 Å². The highest BCUT2D eigenvalue weighted by Gasteiger charge is 2.07. The van der Waals surface area contributed by atoms with E-state index in [1.54, 1.807) is 6.20 Å². The number of H-pyrrole nitrogens is 2.